The molecule has 0 saturated carbocycles. The van der Waals surface area contributed by atoms with Gasteiger partial charge in [-0.25, -0.2) is 0 Å². The Labute approximate surface area is 245 Å². The van der Waals surface area contributed by atoms with Crippen molar-refractivity contribution in [3.63, 3.8) is 0 Å². The fourth-order valence-electron chi connectivity index (χ4n) is 1.76. The first-order chi connectivity index (χ1) is 13.4. The standard InChI is InChI=1S/3C7H7.3Ca.H3O4P/c3*1-7-5-3-2-4-6-7;;;;1-5(2,3)4/h3*3-6H,1H3;;;;(H3,1,2,3,4)/q;;;3*+1;/p-3. The molecular weight excluding hydrogens is 467 g/mol. The van der Waals surface area contributed by atoms with Crippen LogP contribution < -0.4 is 19.7 Å². The minimum absolute atomic E-state index is 1.26. The zero-order valence-corrected chi connectivity index (χ0v) is 24.6. The van der Waals surface area contributed by atoms with Crippen molar-refractivity contribution in [3.05, 3.63) is 89.5 Å². The summed E-state index contributed by atoms with van der Waals surface area (Å²) in [6.45, 7) is 6.33. The van der Waals surface area contributed by atoms with Crippen LogP contribution in [0.5, 0.6) is 0 Å². The van der Waals surface area contributed by atoms with Crippen molar-refractivity contribution in [1.29, 1.82) is 0 Å². The van der Waals surface area contributed by atoms with Gasteiger partial charge >= 0.3 is 223 Å². The Hall–Kier alpha value is 1.55. The maximum atomic E-state index is 8.55. The van der Waals surface area contributed by atoms with Crippen molar-refractivity contribution in [1.82, 2.24) is 0 Å². The predicted molar refractivity (Wildman–Crippen MR) is 117 cm³/mol. The van der Waals surface area contributed by atoms with Gasteiger partial charge in [0.25, 0.3) is 0 Å². The zero-order valence-electron chi connectivity index (χ0n) is 17.1. The number of benzene rings is 3. The average Bonchev–Trinajstić information content (AvgIpc) is 2.62. The summed E-state index contributed by atoms with van der Waals surface area (Å²) in [5.74, 6) is 0. The summed E-state index contributed by atoms with van der Waals surface area (Å²) in [7, 11) is -5.39. The van der Waals surface area contributed by atoms with Gasteiger partial charge in [-0.3, -0.25) is 0 Å². The van der Waals surface area contributed by atoms with Gasteiger partial charge in [-0.2, -0.15) is 7.82 Å². The number of hydrogen-bond acceptors (Lipinski definition) is 4. The number of aryl methyl sites for hydroxylation is 3. The molecule has 3 aromatic carbocycles. The van der Waals surface area contributed by atoms with Crippen LogP contribution in [0.2, 0.25) is 0 Å². The Morgan fingerprint density at radius 1 is 0.517 bits per heavy atom. The van der Waals surface area contributed by atoms with Gasteiger partial charge in [0.05, 0.1) is 0 Å². The molecule has 0 aliphatic rings. The summed E-state index contributed by atoms with van der Waals surface area (Å²) in [4.78, 5) is 25.6. The molecule has 0 atom stereocenters. The quantitative estimate of drug-likeness (QED) is 0.317. The molecule has 0 N–H and O–H groups in total. The van der Waals surface area contributed by atoms with E-state index >= 15 is 0 Å². The third-order valence-electron chi connectivity index (χ3n) is 3.36. The summed E-state index contributed by atoms with van der Waals surface area (Å²) in [6.07, 6.45) is 0. The molecule has 0 heterocycles. The van der Waals surface area contributed by atoms with Crippen molar-refractivity contribution in [2.24, 2.45) is 0 Å². The summed E-state index contributed by atoms with van der Waals surface area (Å²) < 4.78 is 12.9. The molecule has 3 aromatic rings. The predicted octanol–water partition coefficient (Wildman–Crippen LogP) is -0.458. The van der Waals surface area contributed by atoms with Crippen LogP contribution in [0, 0.1) is 20.8 Å². The summed E-state index contributed by atoms with van der Waals surface area (Å²) >= 11 is 3.79. The SMILES string of the molecule is Cc1cc[c]([Ca+])cc1.Cc1cc[c]([Ca+])cc1.Cc1cc[c]([Ca+])cc1.O=P([O-])([O-])[O-]. The maximum absolute atomic E-state index is 8.55. The van der Waals surface area contributed by atoms with Crippen LogP contribution in [0.1, 0.15) is 16.7 Å². The molecule has 0 bridgehead atoms. The van der Waals surface area contributed by atoms with Gasteiger partial charge in [0.15, 0.2) is 0 Å². The van der Waals surface area contributed by atoms with Gasteiger partial charge in [0.1, 0.15) is 0 Å². The average molecular weight is 489 g/mol. The van der Waals surface area contributed by atoms with Crippen LogP contribution in [0.3, 0.4) is 0 Å². The first kappa shape index (κ1) is 30.5. The first-order valence-electron chi connectivity index (χ1n) is 8.76. The van der Waals surface area contributed by atoms with E-state index in [2.05, 4.69) is 93.6 Å². The van der Waals surface area contributed by atoms with Crippen LogP contribution in [0.4, 0.5) is 0 Å². The van der Waals surface area contributed by atoms with Crippen molar-refractivity contribution < 1.29 is 19.2 Å². The zero-order chi connectivity index (χ0) is 22.4. The number of hydrogen-bond donors (Lipinski definition) is 0. The molecule has 0 saturated heterocycles. The third kappa shape index (κ3) is 22.5. The van der Waals surface area contributed by atoms with Crippen molar-refractivity contribution >= 4 is 120 Å². The van der Waals surface area contributed by atoms with E-state index < -0.39 is 7.82 Å². The van der Waals surface area contributed by atoms with E-state index in [0.29, 0.717) is 0 Å². The van der Waals surface area contributed by atoms with Crippen LogP contribution >= 0.6 is 7.82 Å². The fraction of sp³-hybridized carbons (Fsp3) is 0.143. The van der Waals surface area contributed by atoms with Gasteiger partial charge in [-0.05, 0) is 0 Å². The molecule has 0 amide bonds. The van der Waals surface area contributed by atoms with E-state index in [1.807, 2.05) is 0 Å². The normalized spacial score (nSPS) is 9.79. The second kappa shape index (κ2) is 17.1. The number of rotatable bonds is 0. The molecule has 0 aromatic heterocycles. The largest absolute Gasteiger partial charge is 0.822 e. The van der Waals surface area contributed by atoms with Crippen LogP contribution in [0.25, 0.3) is 0 Å². The van der Waals surface area contributed by atoms with Crippen molar-refractivity contribution in [2.75, 3.05) is 0 Å². The van der Waals surface area contributed by atoms with E-state index in [4.69, 9.17) is 19.2 Å². The van der Waals surface area contributed by atoms with Gasteiger partial charge < -0.3 is 19.2 Å². The van der Waals surface area contributed by atoms with Crippen LogP contribution in [0.15, 0.2) is 72.8 Å². The van der Waals surface area contributed by atoms with E-state index in [-0.39, 0.29) is 0 Å². The molecule has 0 fully saturated rings. The summed E-state index contributed by atoms with van der Waals surface area (Å²) in [5, 5.41) is 0. The monoisotopic (exact) mass is 488 g/mol. The van der Waals surface area contributed by atoms with Gasteiger partial charge in [-0.1, -0.05) is 0 Å². The molecule has 4 nitrogen and oxygen atoms in total. The smallest absolute Gasteiger partial charge is 0.159 e. The van der Waals surface area contributed by atoms with Gasteiger partial charge in [0, 0.05) is 0 Å². The molecule has 0 unspecified atom stereocenters. The topological polar surface area (TPSA) is 86.2 Å². The van der Waals surface area contributed by atoms with E-state index in [0.717, 1.165) is 0 Å². The van der Waals surface area contributed by atoms with E-state index in [1.165, 1.54) is 129 Å². The Balaban J connectivity index is 0.000000367. The Morgan fingerprint density at radius 3 is 0.759 bits per heavy atom. The summed E-state index contributed by atoms with van der Waals surface area (Å²) in [5.41, 5.74) is 4.05. The molecule has 0 aliphatic carbocycles. The van der Waals surface area contributed by atoms with Crippen LogP contribution in [-0.4, -0.2) is 107 Å². The molecule has 0 radical (unpaired) electrons. The minimum Gasteiger partial charge on any atom is -0.822 e. The molecular formula is C21H21Ca3O4P. The molecule has 29 heavy (non-hydrogen) atoms. The molecule has 0 aliphatic heterocycles. The minimum atomic E-state index is -5.39. The van der Waals surface area contributed by atoms with Crippen LogP contribution in [-0.2, 0) is 4.57 Å². The first-order valence-corrected chi connectivity index (χ1v) is 13.5. The van der Waals surface area contributed by atoms with Crippen molar-refractivity contribution in [3.8, 4) is 0 Å². The third-order valence-corrected chi connectivity index (χ3v) is 5.57. The molecule has 3 rings (SSSR count). The van der Waals surface area contributed by atoms with Gasteiger partial charge in [0.2, 0.25) is 0 Å². The Bertz CT molecular complexity index is 687. The second-order valence-corrected chi connectivity index (χ2v) is 11.1. The van der Waals surface area contributed by atoms with E-state index in [9.17, 15) is 0 Å². The molecule has 140 valence electrons. The fourth-order valence-corrected chi connectivity index (χ4v) is 2.87. The number of phosphoric acid groups is 1. The maximum Gasteiger partial charge on any atom is -0.159 e. The second-order valence-electron chi connectivity index (χ2n) is 6.40. The Kier molecular flexibility index (Phi) is 18.0. The van der Waals surface area contributed by atoms with Gasteiger partial charge in [-0.15, -0.1) is 0 Å². The summed E-state index contributed by atoms with van der Waals surface area (Å²) in [6, 6.07) is 26.0. The Morgan fingerprint density at radius 2 is 0.655 bits per heavy atom. The molecule has 0 spiro atoms. The molecule has 8 heteroatoms. The van der Waals surface area contributed by atoms with Crippen molar-refractivity contribution in [2.45, 2.75) is 20.8 Å². The van der Waals surface area contributed by atoms with E-state index in [1.54, 1.807) is 0 Å².